The predicted octanol–water partition coefficient (Wildman–Crippen LogP) is 2.43. The van der Waals surface area contributed by atoms with Crippen molar-refractivity contribution in [1.82, 2.24) is 9.97 Å². The fraction of sp³-hybridized carbons (Fsp3) is 0.231. The number of hydrogen-bond donors (Lipinski definition) is 2. The van der Waals surface area contributed by atoms with E-state index in [-0.39, 0.29) is 0 Å². The van der Waals surface area contributed by atoms with Gasteiger partial charge in [-0.15, -0.1) is 0 Å². The highest BCUT2D eigenvalue weighted by Gasteiger charge is 2.06. The molecule has 3 N–H and O–H groups in total. The summed E-state index contributed by atoms with van der Waals surface area (Å²) in [6, 6.07) is 7.30. The molecule has 0 atom stereocenters. The fourth-order valence-electron chi connectivity index (χ4n) is 1.73. The van der Waals surface area contributed by atoms with Crippen LogP contribution in [0.25, 0.3) is 0 Å². The molecule has 0 unspecified atom stereocenters. The van der Waals surface area contributed by atoms with Crippen LogP contribution in [0, 0.1) is 13.8 Å². The number of benzene rings is 1. The normalized spacial score (nSPS) is 10.2. The lowest BCUT2D eigenvalue weighted by Gasteiger charge is -2.11. The SMILES string of the molecule is COc1ccc(N)cc1Nc1nc(C)cc(C)n1. The fourth-order valence-corrected chi connectivity index (χ4v) is 1.73. The number of anilines is 3. The van der Waals surface area contributed by atoms with Crippen molar-refractivity contribution < 1.29 is 4.74 Å². The minimum Gasteiger partial charge on any atom is -0.495 e. The molecule has 0 aliphatic heterocycles. The van der Waals surface area contributed by atoms with Gasteiger partial charge in [-0.25, -0.2) is 9.97 Å². The van der Waals surface area contributed by atoms with E-state index >= 15 is 0 Å². The first kappa shape index (κ1) is 12.2. The van der Waals surface area contributed by atoms with Gasteiger partial charge in [-0.1, -0.05) is 0 Å². The summed E-state index contributed by atoms with van der Waals surface area (Å²) in [5.74, 6) is 1.24. The second kappa shape index (κ2) is 4.91. The Morgan fingerprint density at radius 1 is 1.11 bits per heavy atom. The smallest absolute Gasteiger partial charge is 0.227 e. The van der Waals surface area contributed by atoms with Crippen molar-refractivity contribution in [2.75, 3.05) is 18.2 Å². The second-order valence-electron chi connectivity index (χ2n) is 4.06. The monoisotopic (exact) mass is 244 g/mol. The maximum Gasteiger partial charge on any atom is 0.227 e. The van der Waals surface area contributed by atoms with E-state index in [1.807, 2.05) is 19.9 Å². The van der Waals surface area contributed by atoms with Crippen LogP contribution in [0.1, 0.15) is 11.4 Å². The summed E-state index contributed by atoms with van der Waals surface area (Å²) in [7, 11) is 1.61. The highest BCUT2D eigenvalue weighted by atomic mass is 16.5. The van der Waals surface area contributed by atoms with Crippen molar-refractivity contribution in [3.05, 3.63) is 35.7 Å². The van der Waals surface area contributed by atoms with Gasteiger partial charge in [0.25, 0.3) is 0 Å². The third-order valence-electron chi connectivity index (χ3n) is 2.45. The van der Waals surface area contributed by atoms with E-state index in [0.717, 1.165) is 17.1 Å². The molecule has 1 heterocycles. The van der Waals surface area contributed by atoms with Crippen molar-refractivity contribution >= 4 is 17.3 Å². The van der Waals surface area contributed by atoms with E-state index in [0.29, 0.717) is 17.4 Å². The maximum atomic E-state index is 5.76. The zero-order valence-electron chi connectivity index (χ0n) is 10.7. The number of nitrogens with zero attached hydrogens (tertiary/aromatic N) is 2. The lowest BCUT2D eigenvalue weighted by atomic mass is 10.2. The molecule has 0 aliphatic carbocycles. The molecule has 0 saturated carbocycles. The summed E-state index contributed by atoms with van der Waals surface area (Å²) in [5, 5.41) is 3.12. The molecular formula is C13H16N4O. The second-order valence-corrected chi connectivity index (χ2v) is 4.06. The molecule has 2 rings (SSSR count). The average Bonchev–Trinajstić information content (AvgIpc) is 2.27. The van der Waals surface area contributed by atoms with E-state index < -0.39 is 0 Å². The number of rotatable bonds is 3. The molecule has 1 aromatic carbocycles. The Bertz CT molecular complexity index is 549. The van der Waals surface area contributed by atoms with Gasteiger partial charge in [0.15, 0.2) is 0 Å². The number of methoxy groups -OCH3 is 1. The molecule has 0 radical (unpaired) electrons. The first-order valence-electron chi connectivity index (χ1n) is 5.61. The molecule has 0 amide bonds. The maximum absolute atomic E-state index is 5.76. The summed E-state index contributed by atoms with van der Waals surface area (Å²) < 4.78 is 5.26. The van der Waals surface area contributed by atoms with Crippen molar-refractivity contribution in [3.8, 4) is 5.75 Å². The van der Waals surface area contributed by atoms with Crippen LogP contribution in [-0.2, 0) is 0 Å². The zero-order valence-corrected chi connectivity index (χ0v) is 10.7. The molecule has 18 heavy (non-hydrogen) atoms. The van der Waals surface area contributed by atoms with Crippen molar-refractivity contribution in [2.24, 2.45) is 0 Å². The van der Waals surface area contributed by atoms with Crippen molar-refractivity contribution in [2.45, 2.75) is 13.8 Å². The van der Waals surface area contributed by atoms with Crippen LogP contribution in [0.2, 0.25) is 0 Å². The molecule has 5 nitrogen and oxygen atoms in total. The van der Waals surface area contributed by atoms with Gasteiger partial charge in [0, 0.05) is 17.1 Å². The summed E-state index contributed by atoms with van der Waals surface area (Å²) >= 11 is 0. The summed E-state index contributed by atoms with van der Waals surface area (Å²) in [6.45, 7) is 3.85. The molecule has 0 fully saturated rings. The summed E-state index contributed by atoms with van der Waals surface area (Å²) in [5.41, 5.74) is 8.99. The molecule has 1 aromatic heterocycles. The molecule has 2 aromatic rings. The van der Waals surface area contributed by atoms with Gasteiger partial charge in [0.05, 0.1) is 12.8 Å². The third-order valence-corrected chi connectivity index (χ3v) is 2.45. The molecule has 0 aliphatic rings. The van der Waals surface area contributed by atoms with Gasteiger partial charge in [-0.2, -0.15) is 0 Å². The molecule has 0 bridgehead atoms. The number of hydrogen-bond acceptors (Lipinski definition) is 5. The largest absolute Gasteiger partial charge is 0.495 e. The molecule has 0 spiro atoms. The van der Waals surface area contributed by atoms with Crippen molar-refractivity contribution in [1.29, 1.82) is 0 Å². The lowest BCUT2D eigenvalue weighted by molar-refractivity contribution is 0.417. The summed E-state index contributed by atoms with van der Waals surface area (Å²) in [4.78, 5) is 8.63. The van der Waals surface area contributed by atoms with Gasteiger partial charge in [0.1, 0.15) is 5.75 Å². The Kier molecular flexibility index (Phi) is 3.32. The van der Waals surface area contributed by atoms with Crippen LogP contribution >= 0.6 is 0 Å². The minimum atomic E-state index is 0.538. The zero-order chi connectivity index (χ0) is 13.1. The Morgan fingerprint density at radius 3 is 2.39 bits per heavy atom. The number of aryl methyl sites for hydroxylation is 2. The quantitative estimate of drug-likeness (QED) is 0.811. The summed E-state index contributed by atoms with van der Waals surface area (Å²) in [6.07, 6.45) is 0. The highest BCUT2D eigenvalue weighted by molar-refractivity contribution is 5.67. The van der Waals surface area contributed by atoms with Gasteiger partial charge < -0.3 is 15.8 Å². The number of aromatic nitrogens is 2. The van der Waals surface area contributed by atoms with Crippen LogP contribution < -0.4 is 15.8 Å². The number of nitrogens with two attached hydrogens (primary N) is 1. The third kappa shape index (κ3) is 2.68. The molecular weight excluding hydrogens is 228 g/mol. The van der Waals surface area contributed by atoms with Crippen LogP contribution in [0.5, 0.6) is 5.75 Å². The Morgan fingerprint density at radius 2 is 1.78 bits per heavy atom. The molecule has 0 saturated heterocycles. The molecule has 5 heteroatoms. The van der Waals surface area contributed by atoms with Gasteiger partial charge in [-0.3, -0.25) is 0 Å². The van der Waals surface area contributed by atoms with Crippen LogP contribution in [0.15, 0.2) is 24.3 Å². The van der Waals surface area contributed by atoms with Crippen LogP contribution in [0.4, 0.5) is 17.3 Å². The number of nitrogens with one attached hydrogen (secondary N) is 1. The minimum absolute atomic E-state index is 0.538. The van der Waals surface area contributed by atoms with E-state index in [1.165, 1.54) is 0 Å². The standard InChI is InChI=1S/C13H16N4O/c1-8-6-9(2)16-13(15-8)17-11-7-10(14)4-5-12(11)18-3/h4-7H,14H2,1-3H3,(H,15,16,17). The number of ether oxygens (including phenoxy) is 1. The van der Waals surface area contributed by atoms with E-state index in [1.54, 1.807) is 25.3 Å². The van der Waals surface area contributed by atoms with Gasteiger partial charge >= 0.3 is 0 Å². The highest BCUT2D eigenvalue weighted by Crippen LogP contribution is 2.28. The Balaban J connectivity index is 2.35. The Hall–Kier alpha value is -2.30. The van der Waals surface area contributed by atoms with Crippen molar-refractivity contribution in [3.63, 3.8) is 0 Å². The number of nitrogen functional groups attached to an aromatic ring is 1. The lowest BCUT2D eigenvalue weighted by Crippen LogP contribution is -2.02. The van der Waals surface area contributed by atoms with E-state index in [9.17, 15) is 0 Å². The van der Waals surface area contributed by atoms with Crippen LogP contribution in [0.3, 0.4) is 0 Å². The van der Waals surface area contributed by atoms with Crippen LogP contribution in [-0.4, -0.2) is 17.1 Å². The van der Waals surface area contributed by atoms with Gasteiger partial charge in [0.2, 0.25) is 5.95 Å². The predicted molar refractivity (Wildman–Crippen MR) is 72.2 cm³/mol. The van der Waals surface area contributed by atoms with E-state index in [4.69, 9.17) is 10.5 Å². The first-order valence-corrected chi connectivity index (χ1v) is 5.61. The molecule has 94 valence electrons. The Labute approximate surface area is 106 Å². The topological polar surface area (TPSA) is 73.1 Å². The first-order chi connectivity index (χ1) is 8.58. The van der Waals surface area contributed by atoms with E-state index in [2.05, 4.69) is 15.3 Å². The van der Waals surface area contributed by atoms with Gasteiger partial charge in [-0.05, 0) is 38.1 Å². The average molecular weight is 244 g/mol.